The Bertz CT molecular complexity index is 1500. The minimum atomic E-state index is -1.50. The number of benzene rings is 3. The highest BCUT2D eigenvalue weighted by atomic mass is 16.5. The Kier molecular flexibility index (Phi) is 7.31. The van der Waals surface area contributed by atoms with Crippen LogP contribution in [-0.2, 0) is 22.4 Å². The molecule has 10 heteroatoms. The van der Waals surface area contributed by atoms with Crippen LogP contribution in [0, 0.1) is 5.92 Å². The van der Waals surface area contributed by atoms with Gasteiger partial charge in [-0.1, -0.05) is 54.6 Å². The predicted octanol–water partition coefficient (Wildman–Crippen LogP) is 2.11. The highest BCUT2D eigenvalue weighted by Gasteiger charge is 2.39. The number of hydrogen-bond donors (Lipinski definition) is 7. The summed E-state index contributed by atoms with van der Waals surface area (Å²) in [5.41, 5.74) is 4.63. The number of fused-ring (bicyclic) bond motifs is 2. The summed E-state index contributed by atoms with van der Waals surface area (Å²) in [7, 11) is 0. The zero-order valence-electron chi connectivity index (χ0n) is 20.8. The molecule has 0 fully saturated rings. The van der Waals surface area contributed by atoms with Gasteiger partial charge in [-0.15, -0.1) is 0 Å². The molecule has 0 radical (unpaired) electrons. The molecule has 1 aliphatic carbocycles. The molecule has 4 atom stereocenters. The lowest BCUT2D eigenvalue weighted by Crippen LogP contribution is -2.55. The van der Waals surface area contributed by atoms with E-state index in [1.807, 2.05) is 42.5 Å². The molecule has 39 heavy (non-hydrogen) atoms. The van der Waals surface area contributed by atoms with Crippen molar-refractivity contribution in [1.82, 2.24) is 21.1 Å². The third kappa shape index (κ3) is 5.47. The van der Waals surface area contributed by atoms with E-state index in [1.165, 1.54) is 12.1 Å². The van der Waals surface area contributed by atoms with E-state index in [-0.39, 0.29) is 17.9 Å². The van der Waals surface area contributed by atoms with Gasteiger partial charge in [0.15, 0.2) is 0 Å². The van der Waals surface area contributed by atoms with Crippen LogP contribution < -0.4 is 16.1 Å². The number of aromatic amines is 1. The number of carbonyl (C=O) groups excluding carboxylic acids is 3. The number of nitrogens with one attached hydrogen (secondary N) is 4. The maximum atomic E-state index is 13.8. The number of H-pyrrole nitrogens is 1. The van der Waals surface area contributed by atoms with Crippen LogP contribution >= 0.6 is 0 Å². The number of phenolic OH excluding ortho intramolecular Hbond substituents is 1. The fourth-order valence-electron chi connectivity index (χ4n) is 5.14. The first-order chi connectivity index (χ1) is 18.8. The van der Waals surface area contributed by atoms with Gasteiger partial charge < -0.3 is 25.8 Å². The van der Waals surface area contributed by atoms with Gasteiger partial charge in [0.1, 0.15) is 17.5 Å². The average molecular weight is 529 g/mol. The molecule has 200 valence electrons. The number of hydrogen-bond acceptors (Lipinski definition) is 6. The molecule has 0 spiro atoms. The van der Waals surface area contributed by atoms with Crippen molar-refractivity contribution in [2.75, 3.05) is 0 Å². The van der Waals surface area contributed by atoms with Gasteiger partial charge in [-0.2, -0.15) is 0 Å². The lowest BCUT2D eigenvalue weighted by molar-refractivity contribution is -0.137. The maximum Gasteiger partial charge on any atom is 0.268 e. The molecule has 7 N–H and O–H groups in total. The SMILES string of the molecule is O=C(N[C@H](C(=O)NO)[C@@H](Cc1cccc(O)c1)C(=O)N[C@H]1c2ccccc2C[C@H]1O)c1cc2ccccc2[nH]1. The summed E-state index contributed by atoms with van der Waals surface area (Å²) >= 11 is 0. The lowest BCUT2D eigenvalue weighted by Gasteiger charge is -2.28. The Hall–Kier alpha value is -4.67. The number of aliphatic hydroxyl groups is 1. The van der Waals surface area contributed by atoms with Crippen molar-refractivity contribution in [3.8, 4) is 5.75 Å². The molecule has 0 unspecified atom stereocenters. The fraction of sp³-hybridized carbons (Fsp3) is 0.207. The van der Waals surface area contributed by atoms with Gasteiger partial charge in [0.2, 0.25) is 5.91 Å². The summed E-state index contributed by atoms with van der Waals surface area (Å²) in [6.45, 7) is 0. The van der Waals surface area contributed by atoms with Gasteiger partial charge in [-0.3, -0.25) is 19.6 Å². The van der Waals surface area contributed by atoms with E-state index in [4.69, 9.17) is 0 Å². The largest absolute Gasteiger partial charge is 0.508 e. The smallest absolute Gasteiger partial charge is 0.268 e. The summed E-state index contributed by atoms with van der Waals surface area (Å²) in [5.74, 6) is -3.51. The van der Waals surface area contributed by atoms with Crippen LogP contribution in [0.3, 0.4) is 0 Å². The molecule has 3 amide bonds. The Morgan fingerprint density at radius 3 is 2.49 bits per heavy atom. The van der Waals surface area contributed by atoms with Crippen LogP contribution in [0.25, 0.3) is 10.9 Å². The summed E-state index contributed by atoms with van der Waals surface area (Å²) in [6, 6.07) is 20.2. The predicted molar refractivity (Wildman–Crippen MR) is 142 cm³/mol. The summed E-state index contributed by atoms with van der Waals surface area (Å²) in [4.78, 5) is 42.9. The van der Waals surface area contributed by atoms with Crippen LogP contribution in [-0.4, -0.2) is 50.3 Å². The van der Waals surface area contributed by atoms with E-state index in [0.717, 1.165) is 16.5 Å². The highest BCUT2D eigenvalue weighted by molar-refractivity contribution is 6.01. The lowest BCUT2D eigenvalue weighted by atomic mass is 9.89. The average Bonchev–Trinajstić information content (AvgIpc) is 3.51. The first-order valence-corrected chi connectivity index (χ1v) is 12.5. The van der Waals surface area contributed by atoms with E-state index in [2.05, 4.69) is 15.6 Å². The van der Waals surface area contributed by atoms with Crippen LogP contribution in [0.5, 0.6) is 5.75 Å². The van der Waals surface area contributed by atoms with Gasteiger partial charge in [-0.05, 0) is 47.4 Å². The van der Waals surface area contributed by atoms with E-state index >= 15 is 0 Å². The Morgan fingerprint density at radius 1 is 0.949 bits per heavy atom. The molecule has 0 bridgehead atoms. The number of rotatable bonds is 8. The van der Waals surface area contributed by atoms with Gasteiger partial charge in [0.25, 0.3) is 11.8 Å². The van der Waals surface area contributed by atoms with Crippen LogP contribution in [0.2, 0.25) is 0 Å². The van der Waals surface area contributed by atoms with Gasteiger partial charge in [0.05, 0.1) is 18.1 Å². The first-order valence-electron chi connectivity index (χ1n) is 12.5. The van der Waals surface area contributed by atoms with Gasteiger partial charge in [-0.25, -0.2) is 5.48 Å². The number of aromatic hydroxyl groups is 1. The summed E-state index contributed by atoms with van der Waals surface area (Å²) in [6.07, 6.45) is -0.579. The number of amides is 3. The zero-order valence-corrected chi connectivity index (χ0v) is 20.8. The van der Waals surface area contributed by atoms with Crippen LogP contribution in [0.1, 0.15) is 33.2 Å². The monoisotopic (exact) mass is 528 g/mol. The molecule has 0 aliphatic heterocycles. The Labute approximate surface area is 223 Å². The molecule has 1 aliphatic rings. The number of hydroxylamine groups is 1. The quantitative estimate of drug-likeness (QED) is 0.137. The first kappa shape index (κ1) is 26.0. The third-order valence-corrected chi connectivity index (χ3v) is 7.06. The third-order valence-electron chi connectivity index (χ3n) is 7.06. The molecule has 0 saturated carbocycles. The molecule has 4 aromatic rings. The Balaban J connectivity index is 1.46. The van der Waals surface area contributed by atoms with Crippen LogP contribution in [0.15, 0.2) is 78.9 Å². The second-order valence-corrected chi connectivity index (χ2v) is 9.63. The van der Waals surface area contributed by atoms with Crippen molar-refractivity contribution in [1.29, 1.82) is 0 Å². The second kappa shape index (κ2) is 11.0. The van der Waals surface area contributed by atoms with E-state index < -0.39 is 41.8 Å². The zero-order chi connectivity index (χ0) is 27.5. The minimum absolute atomic E-state index is 0.0305. The summed E-state index contributed by atoms with van der Waals surface area (Å²) in [5, 5.41) is 36.4. The molecular formula is C29H28N4O6. The van der Waals surface area contributed by atoms with Crippen molar-refractivity contribution in [2.24, 2.45) is 5.92 Å². The Morgan fingerprint density at radius 2 is 1.72 bits per heavy atom. The topological polar surface area (TPSA) is 164 Å². The van der Waals surface area contributed by atoms with Gasteiger partial charge >= 0.3 is 0 Å². The molecule has 5 rings (SSSR count). The van der Waals surface area contributed by atoms with E-state index in [0.29, 0.717) is 17.5 Å². The van der Waals surface area contributed by atoms with E-state index in [1.54, 1.807) is 29.7 Å². The van der Waals surface area contributed by atoms with Crippen molar-refractivity contribution in [3.05, 3.63) is 101 Å². The van der Waals surface area contributed by atoms with Gasteiger partial charge in [0, 0.05) is 17.3 Å². The normalized spacial score (nSPS) is 17.7. The van der Waals surface area contributed by atoms with E-state index in [9.17, 15) is 29.8 Å². The molecular weight excluding hydrogens is 500 g/mol. The number of aliphatic hydroxyl groups excluding tert-OH is 1. The van der Waals surface area contributed by atoms with Crippen molar-refractivity contribution in [3.63, 3.8) is 0 Å². The van der Waals surface area contributed by atoms with Crippen LogP contribution in [0.4, 0.5) is 0 Å². The molecule has 1 heterocycles. The van der Waals surface area contributed by atoms with Crippen molar-refractivity contribution < 1.29 is 29.8 Å². The molecule has 0 saturated heterocycles. The van der Waals surface area contributed by atoms with Crippen molar-refractivity contribution in [2.45, 2.75) is 31.0 Å². The number of phenols is 1. The number of aromatic nitrogens is 1. The number of carbonyl (C=O) groups is 3. The number of para-hydroxylation sites is 1. The molecule has 1 aromatic heterocycles. The standard InChI is InChI=1S/C29H28N4O6/c34-19-9-5-6-16(12-19)13-21(27(36)31-25-20-10-3-1-7-17(20)15-24(25)35)26(29(38)33-39)32-28(37)23-14-18-8-2-4-11-22(18)30-23/h1-12,14,21,24-26,30,34-35,39H,13,15H2,(H,31,36)(H,32,37)(H,33,38)/t21-,24-,25+,26+/m1/s1. The minimum Gasteiger partial charge on any atom is -0.508 e. The van der Waals surface area contributed by atoms with Crippen molar-refractivity contribution >= 4 is 28.6 Å². The second-order valence-electron chi connectivity index (χ2n) is 9.63. The molecule has 10 nitrogen and oxygen atoms in total. The highest BCUT2D eigenvalue weighted by Crippen LogP contribution is 2.32. The fourth-order valence-corrected chi connectivity index (χ4v) is 5.14. The summed E-state index contributed by atoms with van der Waals surface area (Å²) < 4.78 is 0. The maximum absolute atomic E-state index is 13.8. The molecule has 3 aromatic carbocycles.